The maximum absolute atomic E-state index is 4.61. The Morgan fingerprint density at radius 2 is 1.88 bits per heavy atom. The molecule has 2 fully saturated rings. The number of pyridine rings is 2. The Hall–Kier alpha value is -1.52. The molecule has 2 aliphatic rings. The highest BCUT2D eigenvalue weighted by Gasteiger charge is 2.27. The molecule has 3 heterocycles. The van der Waals surface area contributed by atoms with E-state index >= 15 is 0 Å². The van der Waals surface area contributed by atoms with E-state index in [-0.39, 0.29) is 0 Å². The van der Waals surface area contributed by atoms with E-state index in [0.717, 1.165) is 23.5 Å². The van der Waals surface area contributed by atoms with Gasteiger partial charge >= 0.3 is 0 Å². The van der Waals surface area contributed by atoms with Gasteiger partial charge in [0, 0.05) is 44.6 Å². The molecule has 25 heavy (non-hydrogen) atoms. The number of hydrogen-bond acceptors (Lipinski definition) is 4. The summed E-state index contributed by atoms with van der Waals surface area (Å²) in [6.45, 7) is 4.83. The quantitative estimate of drug-likeness (QED) is 0.859. The second-order valence-corrected chi connectivity index (χ2v) is 7.96. The first kappa shape index (κ1) is 16.9. The van der Waals surface area contributed by atoms with Gasteiger partial charge in [-0.05, 0) is 56.0 Å². The Kier molecular flexibility index (Phi) is 5.28. The van der Waals surface area contributed by atoms with Crippen molar-refractivity contribution in [3.8, 4) is 0 Å². The van der Waals surface area contributed by atoms with E-state index in [4.69, 9.17) is 0 Å². The third kappa shape index (κ3) is 4.01. The third-order valence-electron chi connectivity index (χ3n) is 6.01. The zero-order valence-electron chi connectivity index (χ0n) is 15.4. The molecule has 1 saturated heterocycles. The van der Waals surface area contributed by atoms with Crippen molar-refractivity contribution in [2.45, 2.75) is 44.6 Å². The van der Waals surface area contributed by atoms with Crippen LogP contribution >= 0.6 is 0 Å². The van der Waals surface area contributed by atoms with Crippen LogP contribution in [0.15, 0.2) is 30.6 Å². The molecule has 0 N–H and O–H groups in total. The van der Waals surface area contributed by atoms with Crippen LogP contribution in [0.5, 0.6) is 0 Å². The molecule has 0 radical (unpaired) electrons. The number of hydrogen-bond donors (Lipinski definition) is 0. The standard InChI is InChI=1S/C21H30N4/c1-24-12-13-25(19-6-3-2-4-7-19)16-17(15-24)14-18-9-11-22-20-8-5-10-23-21(18)20/h5,8-11,17,19H,2-4,6-7,12-16H2,1H3. The van der Waals surface area contributed by atoms with E-state index in [1.165, 1.54) is 63.8 Å². The first-order valence-corrected chi connectivity index (χ1v) is 9.91. The van der Waals surface area contributed by atoms with Crippen LogP contribution in [0.25, 0.3) is 11.0 Å². The van der Waals surface area contributed by atoms with Gasteiger partial charge in [-0.25, -0.2) is 0 Å². The van der Waals surface area contributed by atoms with Crippen molar-refractivity contribution in [2.24, 2.45) is 5.92 Å². The average molecular weight is 338 g/mol. The van der Waals surface area contributed by atoms with Crippen LogP contribution < -0.4 is 0 Å². The Bertz CT molecular complexity index is 690. The smallest absolute Gasteiger partial charge is 0.0918 e. The highest BCUT2D eigenvalue weighted by molar-refractivity contribution is 5.77. The van der Waals surface area contributed by atoms with Crippen LogP contribution in [0.2, 0.25) is 0 Å². The lowest BCUT2D eigenvalue weighted by atomic mass is 9.92. The van der Waals surface area contributed by atoms with Crippen LogP contribution in [-0.4, -0.2) is 59.0 Å². The van der Waals surface area contributed by atoms with Crippen LogP contribution in [-0.2, 0) is 6.42 Å². The molecule has 0 amide bonds. The van der Waals surface area contributed by atoms with Crippen molar-refractivity contribution < 1.29 is 0 Å². The van der Waals surface area contributed by atoms with Crippen LogP contribution in [0, 0.1) is 5.92 Å². The number of nitrogens with zero attached hydrogens (tertiary/aromatic N) is 4. The van der Waals surface area contributed by atoms with Gasteiger partial charge in [0.2, 0.25) is 0 Å². The molecule has 1 aliphatic carbocycles. The van der Waals surface area contributed by atoms with Crippen molar-refractivity contribution in [3.05, 3.63) is 36.2 Å². The Labute approximate surface area is 151 Å². The Morgan fingerprint density at radius 1 is 1.00 bits per heavy atom. The van der Waals surface area contributed by atoms with Gasteiger partial charge in [-0.3, -0.25) is 14.9 Å². The summed E-state index contributed by atoms with van der Waals surface area (Å²) in [4.78, 5) is 14.4. The largest absolute Gasteiger partial charge is 0.305 e. The van der Waals surface area contributed by atoms with E-state index in [0.29, 0.717) is 5.92 Å². The molecule has 1 saturated carbocycles. The lowest BCUT2D eigenvalue weighted by molar-refractivity contribution is 0.148. The summed E-state index contributed by atoms with van der Waals surface area (Å²) >= 11 is 0. The second-order valence-electron chi connectivity index (χ2n) is 7.96. The summed E-state index contributed by atoms with van der Waals surface area (Å²) in [5.74, 6) is 0.669. The minimum absolute atomic E-state index is 0.669. The zero-order chi connectivity index (χ0) is 17.1. The van der Waals surface area contributed by atoms with Crippen LogP contribution in [0.1, 0.15) is 37.7 Å². The van der Waals surface area contributed by atoms with Gasteiger partial charge < -0.3 is 4.90 Å². The normalized spacial score (nSPS) is 24.4. The van der Waals surface area contributed by atoms with Crippen molar-refractivity contribution in [2.75, 3.05) is 33.2 Å². The highest BCUT2D eigenvalue weighted by atomic mass is 15.2. The summed E-state index contributed by atoms with van der Waals surface area (Å²) in [6.07, 6.45) is 12.0. The average Bonchev–Trinajstić information content (AvgIpc) is 2.84. The minimum Gasteiger partial charge on any atom is -0.305 e. The van der Waals surface area contributed by atoms with Gasteiger partial charge in [0.15, 0.2) is 0 Å². The van der Waals surface area contributed by atoms with Crippen LogP contribution in [0.3, 0.4) is 0 Å². The minimum atomic E-state index is 0.669. The molecule has 2 aromatic rings. The lowest BCUT2D eigenvalue weighted by Crippen LogP contribution is -2.40. The lowest BCUT2D eigenvalue weighted by Gasteiger charge is -2.35. The summed E-state index contributed by atoms with van der Waals surface area (Å²) in [6, 6.07) is 7.03. The molecule has 4 rings (SSSR count). The van der Waals surface area contributed by atoms with Gasteiger partial charge in [0.05, 0.1) is 11.0 Å². The van der Waals surface area contributed by atoms with Gasteiger partial charge in [-0.1, -0.05) is 19.3 Å². The molecule has 0 bridgehead atoms. The van der Waals surface area contributed by atoms with E-state index in [2.05, 4.69) is 38.9 Å². The summed E-state index contributed by atoms with van der Waals surface area (Å²) < 4.78 is 0. The molecule has 134 valence electrons. The fraction of sp³-hybridized carbons (Fsp3) is 0.619. The maximum Gasteiger partial charge on any atom is 0.0918 e. The van der Waals surface area contributed by atoms with E-state index in [1.54, 1.807) is 0 Å². The highest BCUT2D eigenvalue weighted by Crippen LogP contribution is 2.26. The molecule has 4 heteroatoms. The maximum atomic E-state index is 4.61. The molecular weight excluding hydrogens is 308 g/mol. The van der Waals surface area contributed by atoms with Crippen molar-refractivity contribution in [3.63, 3.8) is 0 Å². The molecule has 4 nitrogen and oxygen atoms in total. The predicted molar refractivity (Wildman–Crippen MR) is 103 cm³/mol. The first-order chi connectivity index (χ1) is 12.3. The van der Waals surface area contributed by atoms with Crippen molar-refractivity contribution in [1.82, 2.24) is 19.8 Å². The molecular formula is C21H30N4. The van der Waals surface area contributed by atoms with Crippen molar-refractivity contribution in [1.29, 1.82) is 0 Å². The predicted octanol–water partition coefficient (Wildman–Crippen LogP) is 3.37. The summed E-state index contributed by atoms with van der Waals surface area (Å²) in [5.41, 5.74) is 3.46. The van der Waals surface area contributed by atoms with Gasteiger partial charge in [0.25, 0.3) is 0 Å². The zero-order valence-corrected chi connectivity index (χ0v) is 15.4. The first-order valence-electron chi connectivity index (χ1n) is 9.91. The van der Waals surface area contributed by atoms with Gasteiger partial charge in [0.1, 0.15) is 0 Å². The summed E-state index contributed by atoms with van der Waals surface area (Å²) in [5, 5.41) is 0. The van der Waals surface area contributed by atoms with E-state index in [9.17, 15) is 0 Å². The van der Waals surface area contributed by atoms with E-state index < -0.39 is 0 Å². The molecule has 2 aromatic heterocycles. The molecule has 0 spiro atoms. The van der Waals surface area contributed by atoms with Gasteiger partial charge in [-0.15, -0.1) is 0 Å². The summed E-state index contributed by atoms with van der Waals surface area (Å²) in [7, 11) is 2.28. The number of fused-ring (bicyclic) bond motifs is 1. The molecule has 1 aliphatic heterocycles. The second kappa shape index (κ2) is 7.79. The van der Waals surface area contributed by atoms with E-state index in [1.807, 2.05) is 18.5 Å². The number of rotatable bonds is 3. The van der Waals surface area contributed by atoms with Crippen LogP contribution in [0.4, 0.5) is 0 Å². The topological polar surface area (TPSA) is 32.3 Å². The molecule has 1 atom stereocenters. The number of aromatic nitrogens is 2. The third-order valence-corrected chi connectivity index (χ3v) is 6.01. The SMILES string of the molecule is CN1CCN(C2CCCCC2)CC(Cc2ccnc3cccnc23)C1. The fourth-order valence-electron chi connectivity index (χ4n) is 4.73. The molecule has 0 aromatic carbocycles. The fourth-order valence-corrected chi connectivity index (χ4v) is 4.73. The molecule has 1 unspecified atom stereocenters. The Balaban J connectivity index is 1.52. The monoisotopic (exact) mass is 338 g/mol. The van der Waals surface area contributed by atoms with Crippen molar-refractivity contribution >= 4 is 11.0 Å². The van der Waals surface area contributed by atoms with Gasteiger partial charge in [-0.2, -0.15) is 0 Å². The Morgan fingerprint density at radius 3 is 2.76 bits per heavy atom. The number of likely N-dealkylation sites (N-methyl/N-ethyl adjacent to an activating group) is 1.